The zero-order chi connectivity index (χ0) is 20.9. The van der Waals surface area contributed by atoms with Crippen LogP contribution in [-0.2, 0) is 9.53 Å². The Labute approximate surface area is 184 Å². The van der Waals surface area contributed by atoms with E-state index in [9.17, 15) is 9.59 Å². The topological polar surface area (TPSA) is 83.6 Å². The van der Waals surface area contributed by atoms with E-state index in [2.05, 4.69) is 15.6 Å². The Kier molecular flexibility index (Phi) is 6.86. The summed E-state index contributed by atoms with van der Waals surface area (Å²) >= 11 is 7.53. The average molecular weight is 449 g/mol. The maximum atomic E-state index is 13.0. The number of nitrogens with zero attached hydrogens (tertiary/aromatic N) is 2. The predicted octanol–water partition coefficient (Wildman–Crippen LogP) is 3.83. The van der Waals surface area contributed by atoms with Gasteiger partial charge in [-0.15, -0.1) is 11.3 Å². The molecule has 0 radical (unpaired) electrons. The van der Waals surface area contributed by atoms with Crippen LogP contribution in [0.3, 0.4) is 0 Å². The first-order chi connectivity index (χ1) is 14.6. The largest absolute Gasteiger partial charge is 0.376 e. The fourth-order valence-electron chi connectivity index (χ4n) is 3.43. The second kappa shape index (κ2) is 9.76. The van der Waals surface area contributed by atoms with E-state index in [1.54, 1.807) is 16.3 Å². The van der Waals surface area contributed by atoms with Crippen LogP contribution in [0.25, 0.3) is 0 Å². The molecule has 2 fully saturated rings. The van der Waals surface area contributed by atoms with E-state index in [1.807, 2.05) is 18.2 Å². The zero-order valence-electron chi connectivity index (χ0n) is 16.6. The summed E-state index contributed by atoms with van der Waals surface area (Å²) in [6.45, 7) is 1.70. The van der Waals surface area contributed by atoms with Gasteiger partial charge in [0.15, 0.2) is 5.13 Å². The minimum absolute atomic E-state index is 0.0525. The summed E-state index contributed by atoms with van der Waals surface area (Å²) in [4.78, 5) is 31.4. The molecule has 0 spiro atoms. The van der Waals surface area contributed by atoms with E-state index >= 15 is 0 Å². The first-order valence-corrected chi connectivity index (χ1v) is 11.5. The van der Waals surface area contributed by atoms with Gasteiger partial charge in [0.05, 0.1) is 16.8 Å². The van der Waals surface area contributed by atoms with Crippen LogP contribution >= 0.6 is 22.9 Å². The number of carbonyl (C=O) groups excluding carboxylic acids is 2. The van der Waals surface area contributed by atoms with Crippen molar-refractivity contribution in [3.63, 3.8) is 0 Å². The average Bonchev–Trinajstić information content (AvgIpc) is 3.24. The number of anilines is 2. The normalized spacial score (nSPS) is 18.2. The van der Waals surface area contributed by atoms with Crippen LogP contribution < -0.4 is 10.6 Å². The summed E-state index contributed by atoms with van der Waals surface area (Å²) in [6, 6.07) is 7.59. The summed E-state index contributed by atoms with van der Waals surface area (Å²) in [5.41, 5.74) is 1.13. The number of amides is 2. The van der Waals surface area contributed by atoms with E-state index < -0.39 is 0 Å². The molecule has 1 atom stereocenters. The minimum atomic E-state index is -0.132. The predicted molar refractivity (Wildman–Crippen MR) is 118 cm³/mol. The first kappa shape index (κ1) is 21.1. The third-order valence-electron chi connectivity index (χ3n) is 5.22. The molecule has 1 unspecified atom stereocenters. The van der Waals surface area contributed by atoms with Gasteiger partial charge in [-0.3, -0.25) is 9.59 Å². The molecule has 2 N–H and O–H groups in total. The van der Waals surface area contributed by atoms with E-state index in [0.29, 0.717) is 28.9 Å². The number of aromatic nitrogens is 1. The van der Waals surface area contributed by atoms with Crippen molar-refractivity contribution in [2.45, 2.75) is 44.2 Å². The van der Waals surface area contributed by atoms with E-state index in [4.69, 9.17) is 16.3 Å². The third kappa shape index (κ3) is 5.50. The highest BCUT2D eigenvalue weighted by atomic mass is 35.5. The van der Waals surface area contributed by atoms with E-state index in [1.165, 1.54) is 11.3 Å². The molecule has 0 bridgehead atoms. The molecule has 2 heterocycles. The summed E-state index contributed by atoms with van der Waals surface area (Å²) in [6.07, 6.45) is 4.38. The van der Waals surface area contributed by atoms with Crippen molar-refractivity contribution in [1.29, 1.82) is 0 Å². The number of thiazole rings is 1. The summed E-state index contributed by atoms with van der Waals surface area (Å²) in [7, 11) is 0. The molecular weight excluding hydrogens is 424 g/mol. The van der Waals surface area contributed by atoms with Gasteiger partial charge in [0.1, 0.15) is 5.69 Å². The zero-order valence-corrected chi connectivity index (χ0v) is 18.2. The second-order valence-electron chi connectivity index (χ2n) is 7.56. The van der Waals surface area contributed by atoms with Gasteiger partial charge in [0, 0.05) is 37.5 Å². The van der Waals surface area contributed by atoms with Gasteiger partial charge in [-0.25, -0.2) is 4.98 Å². The van der Waals surface area contributed by atoms with Crippen LogP contribution in [0.2, 0.25) is 5.02 Å². The molecule has 2 aliphatic rings. The highest BCUT2D eigenvalue weighted by Crippen LogP contribution is 2.30. The maximum absolute atomic E-state index is 13.0. The molecule has 1 aliphatic carbocycles. The van der Waals surface area contributed by atoms with Crippen molar-refractivity contribution in [2.75, 3.05) is 25.0 Å². The van der Waals surface area contributed by atoms with Crippen LogP contribution in [0.5, 0.6) is 0 Å². The van der Waals surface area contributed by atoms with Gasteiger partial charge < -0.3 is 20.3 Å². The van der Waals surface area contributed by atoms with Gasteiger partial charge in [0.25, 0.3) is 5.91 Å². The van der Waals surface area contributed by atoms with Crippen molar-refractivity contribution in [3.8, 4) is 0 Å². The van der Waals surface area contributed by atoms with Crippen LogP contribution in [-0.4, -0.2) is 53.5 Å². The van der Waals surface area contributed by atoms with Gasteiger partial charge in [-0.2, -0.15) is 0 Å². The molecule has 2 aromatic rings. The molecule has 9 heteroatoms. The van der Waals surface area contributed by atoms with Crippen LogP contribution in [0, 0.1) is 0 Å². The quantitative estimate of drug-likeness (QED) is 0.609. The molecule has 1 aromatic heterocycles. The van der Waals surface area contributed by atoms with Gasteiger partial charge in [-0.1, -0.05) is 23.7 Å². The molecular formula is C21H25ClN4O3S. The number of rotatable bonds is 9. The lowest BCUT2D eigenvalue weighted by Gasteiger charge is -2.21. The molecule has 2 amide bonds. The molecule has 4 rings (SSSR count). The smallest absolute Gasteiger partial charge is 0.273 e. The minimum Gasteiger partial charge on any atom is -0.376 e. The SMILES string of the molecule is O=C(CCN(C(=O)c1csc(Nc2ccccc2Cl)n1)C1CC1)NCC1CCCO1. The Morgan fingerprint density at radius 1 is 1.27 bits per heavy atom. The fraction of sp³-hybridized carbons (Fsp3) is 0.476. The van der Waals surface area contributed by atoms with Gasteiger partial charge in [-0.05, 0) is 37.8 Å². The lowest BCUT2D eigenvalue weighted by Crippen LogP contribution is -2.38. The molecule has 160 valence electrons. The summed E-state index contributed by atoms with van der Waals surface area (Å²) in [5, 5.41) is 9.01. The molecule has 1 saturated carbocycles. The van der Waals surface area contributed by atoms with E-state index in [-0.39, 0.29) is 30.4 Å². The van der Waals surface area contributed by atoms with E-state index in [0.717, 1.165) is 38.0 Å². The highest BCUT2D eigenvalue weighted by Gasteiger charge is 2.34. The number of halogens is 1. The second-order valence-corrected chi connectivity index (χ2v) is 8.83. The van der Waals surface area contributed by atoms with Crippen molar-refractivity contribution >= 4 is 45.6 Å². The molecule has 1 aliphatic heterocycles. The van der Waals surface area contributed by atoms with Gasteiger partial charge >= 0.3 is 0 Å². The molecule has 1 aromatic carbocycles. The lowest BCUT2D eigenvalue weighted by molar-refractivity contribution is -0.121. The summed E-state index contributed by atoms with van der Waals surface area (Å²) < 4.78 is 5.52. The Morgan fingerprint density at radius 3 is 2.83 bits per heavy atom. The molecule has 7 nitrogen and oxygen atoms in total. The highest BCUT2D eigenvalue weighted by molar-refractivity contribution is 7.14. The number of para-hydroxylation sites is 1. The Morgan fingerprint density at radius 2 is 2.10 bits per heavy atom. The Bertz CT molecular complexity index is 896. The number of hydrogen-bond acceptors (Lipinski definition) is 6. The van der Waals surface area contributed by atoms with Crippen LogP contribution in [0.15, 0.2) is 29.6 Å². The Balaban J connectivity index is 1.31. The number of hydrogen-bond donors (Lipinski definition) is 2. The van der Waals surface area contributed by atoms with Crippen molar-refractivity contribution in [3.05, 3.63) is 40.4 Å². The molecule has 1 saturated heterocycles. The van der Waals surface area contributed by atoms with Crippen molar-refractivity contribution in [2.24, 2.45) is 0 Å². The lowest BCUT2D eigenvalue weighted by atomic mass is 10.2. The number of benzene rings is 1. The van der Waals surface area contributed by atoms with Gasteiger partial charge in [0.2, 0.25) is 5.91 Å². The fourth-order valence-corrected chi connectivity index (χ4v) is 4.31. The van der Waals surface area contributed by atoms with Crippen molar-refractivity contribution < 1.29 is 14.3 Å². The first-order valence-electron chi connectivity index (χ1n) is 10.3. The maximum Gasteiger partial charge on any atom is 0.273 e. The standard InChI is InChI=1S/C21H25ClN4O3S/c22-16-5-1-2-6-17(16)24-21-25-18(13-30-21)20(28)26(14-7-8-14)10-9-19(27)23-12-15-4-3-11-29-15/h1-2,5-6,13-15H,3-4,7-12H2,(H,23,27)(H,24,25). The van der Waals surface area contributed by atoms with Crippen LogP contribution in [0.4, 0.5) is 10.8 Å². The molecule has 30 heavy (non-hydrogen) atoms. The number of nitrogens with one attached hydrogen (secondary N) is 2. The number of carbonyl (C=O) groups is 2. The Hall–Kier alpha value is -2.16. The monoisotopic (exact) mass is 448 g/mol. The van der Waals surface area contributed by atoms with Crippen molar-refractivity contribution in [1.82, 2.24) is 15.2 Å². The summed E-state index contributed by atoms with van der Waals surface area (Å²) in [5.74, 6) is -0.184. The van der Waals surface area contributed by atoms with Crippen LogP contribution in [0.1, 0.15) is 42.6 Å². The number of ether oxygens (including phenoxy) is 1. The third-order valence-corrected chi connectivity index (χ3v) is 6.31.